The summed E-state index contributed by atoms with van der Waals surface area (Å²) in [6.07, 6.45) is 5.70. The third-order valence-corrected chi connectivity index (χ3v) is 6.28. The van der Waals surface area contributed by atoms with Crippen molar-refractivity contribution < 1.29 is 4.57 Å². The van der Waals surface area contributed by atoms with Crippen LogP contribution in [0.15, 0.2) is 79.0 Å². The number of fused-ring (bicyclic) bond motifs is 2. The molecule has 2 nitrogen and oxygen atoms in total. The van der Waals surface area contributed by atoms with E-state index in [1.165, 1.54) is 62.5 Å². The molecule has 31 heavy (non-hydrogen) atoms. The molecule has 0 aliphatic rings. The zero-order valence-corrected chi connectivity index (χ0v) is 18.6. The molecular formula is C29H29N2+. The average molecular weight is 406 g/mol. The second-order valence-corrected chi connectivity index (χ2v) is 8.62. The Morgan fingerprint density at radius 2 is 1.61 bits per heavy atom. The van der Waals surface area contributed by atoms with Crippen LogP contribution in [0, 0.1) is 6.92 Å². The maximum absolute atomic E-state index is 3.74. The van der Waals surface area contributed by atoms with Crippen LogP contribution in [-0.4, -0.2) is 4.98 Å². The van der Waals surface area contributed by atoms with Gasteiger partial charge in [0.15, 0.2) is 6.20 Å². The summed E-state index contributed by atoms with van der Waals surface area (Å²) in [5.74, 6) is 0. The molecule has 2 heterocycles. The molecule has 0 fully saturated rings. The van der Waals surface area contributed by atoms with Gasteiger partial charge in [0.2, 0.25) is 5.69 Å². The minimum atomic E-state index is 1.13. The Labute approximate surface area is 184 Å². The van der Waals surface area contributed by atoms with Gasteiger partial charge in [0, 0.05) is 23.4 Å². The third kappa shape index (κ3) is 3.63. The lowest BCUT2D eigenvalue weighted by molar-refractivity contribution is -0.660. The molecule has 0 spiro atoms. The van der Waals surface area contributed by atoms with Crippen molar-refractivity contribution in [1.29, 1.82) is 0 Å². The van der Waals surface area contributed by atoms with Gasteiger partial charge in [0.25, 0.3) is 0 Å². The molecule has 0 amide bonds. The number of H-pyrrole nitrogens is 1. The van der Waals surface area contributed by atoms with E-state index < -0.39 is 0 Å². The Bertz CT molecular complexity index is 1390. The third-order valence-electron chi connectivity index (χ3n) is 6.28. The number of rotatable bonds is 5. The standard InChI is InChI=1S/C29H28N2/c1-4-5-8-21-11-12-23-19-22-9-6-7-10-24(22)29(25(23)18-21)27-14-13-26(30-27)28-17-20(2)15-16-31(28)3/h6-7,9-19H,4-5,8H2,1-3H3/p+1. The van der Waals surface area contributed by atoms with Gasteiger partial charge in [0.05, 0.1) is 0 Å². The van der Waals surface area contributed by atoms with E-state index in [2.05, 4.69) is 109 Å². The summed E-state index contributed by atoms with van der Waals surface area (Å²) in [7, 11) is 2.10. The molecule has 5 aromatic rings. The highest BCUT2D eigenvalue weighted by Crippen LogP contribution is 2.37. The van der Waals surface area contributed by atoms with Crippen molar-refractivity contribution in [3.63, 3.8) is 0 Å². The van der Waals surface area contributed by atoms with Gasteiger partial charge in [-0.25, -0.2) is 0 Å². The topological polar surface area (TPSA) is 19.7 Å². The normalized spacial score (nSPS) is 11.5. The lowest BCUT2D eigenvalue weighted by Crippen LogP contribution is -2.30. The van der Waals surface area contributed by atoms with Crippen molar-refractivity contribution in [3.8, 4) is 22.6 Å². The fourth-order valence-electron chi connectivity index (χ4n) is 4.57. The van der Waals surface area contributed by atoms with Crippen LogP contribution >= 0.6 is 0 Å². The van der Waals surface area contributed by atoms with Crippen molar-refractivity contribution in [1.82, 2.24) is 4.98 Å². The number of hydrogen-bond donors (Lipinski definition) is 1. The van der Waals surface area contributed by atoms with Crippen LogP contribution in [0.3, 0.4) is 0 Å². The van der Waals surface area contributed by atoms with E-state index in [0.29, 0.717) is 0 Å². The van der Waals surface area contributed by atoms with Crippen LogP contribution in [0.2, 0.25) is 0 Å². The first-order chi connectivity index (χ1) is 15.1. The maximum atomic E-state index is 3.74. The predicted octanol–water partition coefficient (Wildman–Crippen LogP) is 7.13. The number of hydrogen-bond acceptors (Lipinski definition) is 0. The number of pyridine rings is 1. The first-order valence-corrected chi connectivity index (χ1v) is 11.2. The minimum Gasteiger partial charge on any atom is -0.350 e. The summed E-state index contributed by atoms with van der Waals surface area (Å²) in [5.41, 5.74) is 7.49. The van der Waals surface area contributed by atoms with Crippen molar-refractivity contribution in [2.75, 3.05) is 0 Å². The molecule has 0 bridgehead atoms. The summed E-state index contributed by atoms with van der Waals surface area (Å²) >= 11 is 0. The molecular weight excluding hydrogens is 376 g/mol. The summed E-state index contributed by atoms with van der Waals surface area (Å²) in [5, 5.41) is 5.20. The molecule has 3 aromatic carbocycles. The number of benzene rings is 3. The SMILES string of the molecule is CCCCc1ccc2cc3ccccc3c(-c3ccc(-c4cc(C)cc[n+]4C)[nH]3)c2c1. The number of unbranched alkanes of at least 4 members (excludes halogenated alkanes) is 1. The lowest BCUT2D eigenvalue weighted by atomic mass is 9.93. The minimum absolute atomic E-state index is 1.13. The van der Waals surface area contributed by atoms with E-state index in [4.69, 9.17) is 0 Å². The first-order valence-electron chi connectivity index (χ1n) is 11.2. The van der Waals surface area contributed by atoms with Gasteiger partial charge in [-0.2, -0.15) is 4.57 Å². The molecule has 1 N–H and O–H groups in total. The van der Waals surface area contributed by atoms with Crippen LogP contribution in [0.4, 0.5) is 0 Å². The Balaban J connectivity index is 1.74. The molecule has 0 radical (unpaired) electrons. The highest BCUT2D eigenvalue weighted by Gasteiger charge is 2.16. The Kier molecular flexibility index (Phi) is 5.07. The predicted molar refractivity (Wildman–Crippen MR) is 131 cm³/mol. The van der Waals surface area contributed by atoms with Gasteiger partial charge in [0.1, 0.15) is 12.7 Å². The molecule has 2 heteroatoms. The van der Waals surface area contributed by atoms with Gasteiger partial charge in [-0.05, 0) is 70.6 Å². The summed E-state index contributed by atoms with van der Waals surface area (Å²) in [6, 6.07) is 26.9. The van der Waals surface area contributed by atoms with Crippen LogP contribution < -0.4 is 4.57 Å². The molecule has 0 saturated carbocycles. The highest BCUT2D eigenvalue weighted by molar-refractivity contribution is 6.12. The van der Waals surface area contributed by atoms with E-state index in [9.17, 15) is 0 Å². The smallest absolute Gasteiger partial charge is 0.228 e. The van der Waals surface area contributed by atoms with Gasteiger partial charge in [-0.3, -0.25) is 0 Å². The Morgan fingerprint density at radius 1 is 0.806 bits per heavy atom. The quantitative estimate of drug-likeness (QED) is 0.237. The van der Waals surface area contributed by atoms with Gasteiger partial charge in [-0.15, -0.1) is 0 Å². The summed E-state index contributed by atoms with van der Waals surface area (Å²) in [6.45, 7) is 4.40. The van der Waals surface area contributed by atoms with E-state index in [-0.39, 0.29) is 0 Å². The largest absolute Gasteiger partial charge is 0.350 e. The molecule has 0 aliphatic heterocycles. The molecule has 0 saturated heterocycles. The second-order valence-electron chi connectivity index (χ2n) is 8.62. The average Bonchev–Trinajstić information content (AvgIpc) is 3.27. The maximum Gasteiger partial charge on any atom is 0.228 e. The van der Waals surface area contributed by atoms with E-state index in [0.717, 1.165) is 12.1 Å². The van der Waals surface area contributed by atoms with Gasteiger partial charge < -0.3 is 4.98 Å². The van der Waals surface area contributed by atoms with Gasteiger partial charge >= 0.3 is 0 Å². The number of nitrogens with zero attached hydrogens (tertiary/aromatic N) is 1. The van der Waals surface area contributed by atoms with Gasteiger partial charge in [-0.1, -0.05) is 55.8 Å². The van der Waals surface area contributed by atoms with Crippen LogP contribution in [-0.2, 0) is 13.5 Å². The fraction of sp³-hybridized carbons (Fsp3) is 0.207. The van der Waals surface area contributed by atoms with Crippen molar-refractivity contribution >= 4 is 21.5 Å². The molecule has 2 aromatic heterocycles. The second kappa shape index (κ2) is 8.03. The van der Waals surface area contributed by atoms with E-state index >= 15 is 0 Å². The van der Waals surface area contributed by atoms with E-state index in [1.807, 2.05) is 0 Å². The first kappa shape index (κ1) is 19.6. The molecule has 5 rings (SSSR count). The molecule has 154 valence electrons. The zero-order valence-electron chi connectivity index (χ0n) is 18.6. The molecule has 0 aliphatic carbocycles. The summed E-state index contributed by atoms with van der Waals surface area (Å²) in [4.78, 5) is 3.74. The number of aromatic nitrogens is 2. The van der Waals surface area contributed by atoms with Crippen molar-refractivity contribution in [3.05, 3.63) is 90.1 Å². The van der Waals surface area contributed by atoms with Crippen molar-refractivity contribution in [2.45, 2.75) is 33.1 Å². The Hall–Kier alpha value is -3.39. The zero-order chi connectivity index (χ0) is 21.4. The van der Waals surface area contributed by atoms with Crippen molar-refractivity contribution in [2.24, 2.45) is 7.05 Å². The lowest BCUT2D eigenvalue weighted by Gasteiger charge is -2.12. The number of aryl methyl sites for hydroxylation is 3. The van der Waals surface area contributed by atoms with Crippen LogP contribution in [0.25, 0.3) is 44.2 Å². The number of nitrogens with one attached hydrogen (secondary N) is 1. The van der Waals surface area contributed by atoms with E-state index in [1.54, 1.807) is 0 Å². The summed E-state index contributed by atoms with van der Waals surface area (Å²) < 4.78 is 2.17. The molecule has 0 atom stereocenters. The monoisotopic (exact) mass is 405 g/mol. The molecule has 0 unspecified atom stereocenters. The highest BCUT2D eigenvalue weighted by atomic mass is 14.9. The Morgan fingerprint density at radius 3 is 2.48 bits per heavy atom. The van der Waals surface area contributed by atoms with Crippen LogP contribution in [0.5, 0.6) is 0 Å². The van der Waals surface area contributed by atoms with Crippen LogP contribution in [0.1, 0.15) is 30.9 Å². The number of aromatic amines is 1. The fourth-order valence-corrected chi connectivity index (χ4v) is 4.57.